The molecule has 1 heterocycles. The molecule has 0 saturated carbocycles. The van der Waals surface area contributed by atoms with Gasteiger partial charge in [0.2, 0.25) is 0 Å². The SMILES string of the molecule is COCc1cc(N)nc(-c2ccc(Cl)cc2C)n1. The van der Waals surface area contributed by atoms with Gasteiger partial charge in [0.1, 0.15) is 5.82 Å². The largest absolute Gasteiger partial charge is 0.384 e. The number of rotatable bonds is 3. The van der Waals surface area contributed by atoms with Crippen molar-refractivity contribution in [2.75, 3.05) is 12.8 Å². The van der Waals surface area contributed by atoms with Crippen LogP contribution in [-0.2, 0) is 11.3 Å². The van der Waals surface area contributed by atoms with Gasteiger partial charge in [-0.25, -0.2) is 9.97 Å². The van der Waals surface area contributed by atoms with Crippen molar-refractivity contribution in [2.24, 2.45) is 0 Å². The molecule has 0 aliphatic heterocycles. The van der Waals surface area contributed by atoms with Gasteiger partial charge in [-0.3, -0.25) is 0 Å². The molecular formula is C13H14ClN3O. The van der Waals surface area contributed by atoms with E-state index in [4.69, 9.17) is 22.1 Å². The van der Waals surface area contributed by atoms with Crippen molar-refractivity contribution in [3.05, 3.63) is 40.5 Å². The summed E-state index contributed by atoms with van der Waals surface area (Å²) in [7, 11) is 1.62. The minimum absolute atomic E-state index is 0.409. The van der Waals surface area contributed by atoms with Crippen molar-refractivity contribution in [2.45, 2.75) is 13.5 Å². The predicted molar refractivity (Wildman–Crippen MR) is 72.3 cm³/mol. The number of nitrogen functional groups attached to an aromatic ring is 1. The summed E-state index contributed by atoms with van der Waals surface area (Å²) in [6.45, 7) is 2.37. The van der Waals surface area contributed by atoms with Crippen LogP contribution in [0.5, 0.6) is 0 Å². The van der Waals surface area contributed by atoms with Gasteiger partial charge in [0.05, 0.1) is 12.3 Å². The van der Waals surface area contributed by atoms with Crippen molar-refractivity contribution < 1.29 is 4.74 Å². The highest BCUT2D eigenvalue weighted by Crippen LogP contribution is 2.24. The zero-order chi connectivity index (χ0) is 13.1. The van der Waals surface area contributed by atoms with Gasteiger partial charge in [-0.15, -0.1) is 0 Å². The number of aryl methyl sites for hydroxylation is 1. The molecule has 94 valence electrons. The lowest BCUT2D eigenvalue weighted by atomic mass is 10.1. The third-order valence-electron chi connectivity index (χ3n) is 2.52. The van der Waals surface area contributed by atoms with Crippen LogP contribution in [0.1, 0.15) is 11.3 Å². The minimum Gasteiger partial charge on any atom is -0.384 e. The van der Waals surface area contributed by atoms with Crippen molar-refractivity contribution >= 4 is 17.4 Å². The van der Waals surface area contributed by atoms with Crippen molar-refractivity contribution in [3.63, 3.8) is 0 Å². The van der Waals surface area contributed by atoms with E-state index in [1.807, 2.05) is 25.1 Å². The Morgan fingerprint density at radius 1 is 1.28 bits per heavy atom. The molecule has 2 rings (SSSR count). The molecule has 2 N–H and O–H groups in total. The van der Waals surface area contributed by atoms with E-state index < -0.39 is 0 Å². The molecule has 18 heavy (non-hydrogen) atoms. The minimum atomic E-state index is 0.409. The summed E-state index contributed by atoms with van der Waals surface area (Å²) in [5.74, 6) is 1.03. The number of hydrogen-bond acceptors (Lipinski definition) is 4. The molecule has 0 spiro atoms. The van der Waals surface area contributed by atoms with E-state index in [1.165, 1.54) is 0 Å². The van der Waals surface area contributed by atoms with Gasteiger partial charge in [0, 0.05) is 23.8 Å². The number of hydrogen-bond donors (Lipinski definition) is 1. The van der Waals surface area contributed by atoms with Crippen molar-refractivity contribution in [1.82, 2.24) is 9.97 Å². The number of methoxy groups -OCH3 is 1. The molecule has 0 atom stereocenters. The number of aromatic nitrogens is 2. The maximum Gasteiger partial charge on any atom is 0.162 e. The maximum absolute atomic E-state index is 5.93. The Kier molecular flexibility index (Phi) is 3.79. The molecule has 0 aliphatic carbocycles. The normalized spacial score (nSPS) is 10.6. The fourth-order valence-corrected chi connectivity index (χ4v) is 1.97. The second kappa shape index (κ2) is 5.33. The summed E-state index contributed by atoms with van der Waals surface area (Å²) in [5, 5.41) is 0.692. The van der Waals surface area contributed by atoms with Gasteiger partial charge >= 0.3 is 0 Å². The molecule has 2 aromatic rings. The van der Waals surface area contributed by atoms with Crippen LogP contribution in [0.15, 0.2) is 24.3 Å². The van der Waals surface area contributed by atoms with E-state index >= 15 is 0 Å². The smallest absolute Gasteiger partial charge is 0.162 e. The molecule has 0 radical (unpaired) electrons. The van der Waals surface area contributed by atoms with Crippen LogP contribution < -0.4 is 5.73 Å². The lowest BCUT2D eigenvalue weighted by Gasteiger charge is -2.08. The molecular weight excluding hydrogens is 250 g/mol. The van der Waals surface area contributed by atoms with Gasteiger partial charge in [-0.05, 0) is 30.7 Å². The predicted octanol–water partition coefficient (Wildman–Crippen LogP) is 2.83. The summed E-state index contributed by atoms with van der Waals surface area (Å²) in [4.78, 5) is 8.67. The summed E-state index contributed by atoms with van der Waals surface area (Å²) >= 11 is 5.93. The number of ether oxygens (including phenoxy) is 1. The molecule has 1 aromatic heterocycles. The van der Waals surface area contributed by atoms with Crippen LogP contribution in [0.3, 0.4) is 0 Å². The average molecular weight is 264 g/mol. The Morgan fingerprint density at radius 3 is 2.72 bits per heavy atom. The van der Waals surface area contributed by atoms with E-state index in [1.54, 1.807) is 13.2 Å². The quantitative estimate of drug-likeness (QED) is 0.925. The monoisotopic (exact) mass is 263 g/mol. The van der Waals surface area contributed by atoms with Gasteiger partial charge in [-0.1, -0.05) is 11.6 Å². The Bertz CT molecular complexity index is 572. The molecule has 0 aliphatic rings. The number of nitrogens with two attached hydrogens (primary N) is 1. The zero-order valence-corrected chi connectivity index (χ0v) is 11.0. The van der Waals surface area contributed by atoms with Crippen molar-refractivity contribution in [3.8, 4) is 11.4 Å². The van der Waals surface area contributed by atoms with Gasteiger partial charge in [-0.2, -0.15) is 0 Å². The first-order valence-electron chi connectivity index (χ1n) is 5.49. The highest BCUT2D eigenvalue weighted by Gasteiger charge is 2.08. The molecule has 0 amide bonds. The average Bonchev–Trinajstić information content (AvgIpc) is 2.28. The van der Waals surface area contributed by atoms with E-state index in [2.05, 4.69) is 9.97 Å². The fraction of sp³-hybridized carbons (Fsp3) is 0.231. The van der Waals surface area contributed by atoms with Crippen LogP contribution in [0.2, 0.25) is 5.02 Å². The summed E-state index contributed by atoms with van der Waals surface area (Å²) in [5.41, 5.74) is 8.46. The van der Waals surface area contributed by atoms with E-state index in [0.717, 1.165) is 16.8 Å². The summed E-state index contributed by atoms with van der Waals surface area (Å²) < 4.78 is 5.06. The number of anilines is 1. The van der Waals surface area contributed by atoms with E-state index in [-0.39, 0.29) is 0 Å². The Balaban J connectivity index is 2.49. The third kappa shape index (κ3) is 2.78. The highest BCUT2D eigenvalue weighted by atomic mass is 35.5. The lowest BCUT2D eigenvalue weighted by Crippen LogP contribution is -2.02. The second-order valence-electron chi connectivity index (χ2n) is 4.00. The van der Waals surface area contributed by atoms with Crippen LogP contribution >= 0.6 is 11.6 Å². The first-order valence-corrected chi connectivity index (χ1v) is 5.87. The van der Waals surface area contributed by atoms with Crippen LogP contribution in [0.4, 0.5) is 5.82 Å². The third-order valence-corrected chi connectivity index (χ3v) is 2.76. The molecule has 5 heteroatoms. The zero-order valence-electron chi connectivity index (χ0n) is 10.3. The molecule has 0 unspecified atom stereocenters. The fourth-order valence-electron chi connectivity index (χ4n) is 1.74. The standard InChI is InChI=1S/C13H14ClN3O/c1-8-5-9(14)3-4-11(8)13-16-10(7-18-2)6-12(15)17-13/h3-6H,7H2,1-2H3,(H2,15,16,17). The molecule has 1 aromatic carbocycles. The Hall–Kier alpha value is -1.65. The first-order chi connectivity index (χ1) is 8.60. The number of nitrogens with zero attached hydrogens (tertiary/aromatic N) is 2. The van der Waals surface area contributed by atoms with Crippen molar-refractivity contribution in [1.29, 1.82) is 0 Å². The maximum atomic E-state index is 5.93. The highest BCUT2D eigenvalue weighted by molar-refractivity contribution is 6.30. The number of halogens is 1. The number of benzene rings is 1. The summed E-state index contributed by atoms with van der Waals surface area (Å²) in [6.07, 6.45) is 0. The Morgan fingerprint density at radius 2 is 2.06 bits per heavy atom. The van der Waals surface area contributed by atoms with E-state index in [9.17, 15) is 0 Å². The second-order valence-corrected chi connectivity index (χ2v) is 4.44. The van der Waals surface area contributed by atoms with Gasteiger partial charge in [0.15, 0.2) is 5.82 Å². The molecule has 4 nitrogen and oxygen atoms in total. The van der Waals surface area contributed by atoms with Gasteiger partial charge < -0.3 is 10.5 Å². The van der Waals surface area contributed by atoms with Gasteiger partial charge in [0.25, 0.3) is 0 Å². The molecule has 0 fully saturated rings. The van der Waals surface area contributed by atoms with Crippen LogP contribution in [-0.4, -0.2) is 17.1 Å². The van der Waals surface area contributed by atoms with Crippen LogP contribution in [0, 0.1) is 6.92 Å². The summed E-state index contributed by atoms with van der Waals surface area (Å²) in [6, 6.07) is 7.28. The Labute approximate surface area is 111 Å². The molecule has 0 saturated heterocycles. The lowest BCUT2D eigenvalue weighted by molar-refractivity contribution is 0.181. The topological polar surface area (TPSA) is 61.0 Å². The first kappa shape index (κ1) is 12.8. The molecule has 0 bridgehead atoms. The van der Waals surface area contributed by atoms with Crippen LogP contribution in [0.25, 0.3) is 11.4 Å². The van der Waals surface area contributed by atoms with E-state index in [0.29, 0.717) is 23.3 Å².